The van der Waals surface area contributed by atoms with Crippen LogP contribution in [-0.4, -0.2) is 30.1 Å². The van der Waals surface area contributed by atoms with Crippen LogP contribution in [0, 0.1) is 0 Å². The van der Waals surface area contributed by atoms with Crippen LogP contribution in [0.25, 0.3) is 11.1 Å². The van der Waals surface area contributed by atoms with Gasteiger partial charge in [-0.1, -0.05) is 48.5 Å². The van der Waals surface area contributed by atoms with E-state index in [1.54, 1.807) is 12.1 Å². The second-order valence-corrected chi connectivity index (χ2v) is 5.92. The second-order valence-electron chi connectivity index (χ2n) is 5.92. The minimum absolute atomic E-state index is 0.135. The fraction of sp³-hybridized carbons (Fsp3) is 0.0455. The summed E-state index contributed by atoms with van der Waals surface area (Å²) in [5.74, 6) is -2.43. The first-order valence-corrected chi connectivity index (χ1v) is 8.42. The van der Waals surface area contributed by atoms with Crippen LogP contribution in [0.15, 0.2) is 72.8 Å². The topological polar surface area (TPSA) is 92.7 Å². The molecule has 0 aliphatic carbocycles. The monoisotopic (exact) mass is 375 g/mol. The number of carbonyl (C=O) groups is 3. The molecule has 0 spiro atoms. The van der Waals surface area contributed by atoms with Crippen LogP contribution in [0.5, 0.6) is 0 Å². The van der Waals surface area contributed by atoms with E-state index in [0.717, 1.165) is 18.2 Å². The zero-order chi connectivity index (χ0) is 20.1. The van der Waals surface area contributed by atoms with Gasteiger partial charge in [0.2, 0.25) is 0 Å². The van der Waals surface area contributed by atoms with E-state index < -0.39 is 11.9 Å². The summed E-state index contributed by atoms with van der Waals surface area (Å²) < 4.78 is 4.63. The molecule has 0 bridgehead atoms. The van der Waals surface area contributed by atoms with Crippen LogP contribution in [0.2, 0.25) is 0 Å². The van der Waals surface area contributed by atoms with Crippen molar-refractivity contribution < 1.29 is 24.2 Å². The van der Waals surface area contributed by atoms with E-state index in [4.69, 9.17) is 0 Å². The molecule has 3 aromatic carbocycles. The van der Waals surface area contributed by atoms with E-state index in [2.05, 4.69) is 10.1 Å². The van der Waals surface area contributed by atoms with E-state index in [1.165, 1.54) is 18.2 Å². The highest BCUT2D eigenvalue weighted by Crippen LogP contribution is 2.25. The molecule has 3 aromatic rings. The smallest absolute Gasteiger partial charge is 0.338 e. The number of hydrogen-bond donors (Lipinski definition) is 2. The lowest BCUT2D eigenvalue weighted by Gasteiger charge is -2.12. The molecule has 140 valence electrons. The van der Waals surface area contributed by atoms with Crippen LogP contribution in [0.4, 0.5) is 5.69 Å². The molecule has 0 aromatic heterocycles. The number of nitrogens with one attached hydrogen (secondary N) is 1. The number of carboxylic acid groups (broad SMARTS) is 1. The molecule has 2 N–H and O–H groups in total. The number of rotatable bonds is 5. The van der Waals surface area contributed by atoms with Gasteiger partial charge in [-0.2, -0.15) is 0 Å². The molecule has 6 nitrogen and oxygen atoms in total. The number of aromatic carboxylic acids is 1. The van der Waals surface area contributed by atoms with Gasteiger partial charge in [-0.25, -0.2) is 9.59 Å². The molecular weight excluding hydrogens is 358 g/mol. The number of methoxy groups -OCH3 is 1. The van der Waals surface area contributed by atoms with E-state index in [9.17, 15) is 19.5 Å². The van der Waals surface area contributed by atoms with Crippen molar-refractivity contribution >= 4 is 23.5 Å². The third kappa shape index (κ3) is 3.91. The summed E-state index contributed by atoms with van der Waals surface area (Å²) in [4.78, 5) is 36.0. The Labute approximate surface area is 161 Å². The molecule has 0 saturated heterocycles. The Balaban J connectivity index is 1.95. The van der Waals surface area contributed by atoms with Crippen molar-refractivity contribution in [2.75, 3.05) is 12.4 Å². The summed E-state index contributed by atoms with van der Waals surface area (Å²) in [5.41, 5.74) is 2.06. The number of amides is 1. The molecular formula is C22H17NO5. The van der Waals surface area contributed by atoms with Crippen LogP contribution in [0.1, 0.15) is 31.1 Å². The molecule has 0 atom stereocenters. The second kappa shape index (κ2) is 8.18. The Hall–Kier alpha value is -3.93. The van der Waals surface area contributed by atoms with Gasteiger partial charge in [0, 0.05) is 11.3 Å². The van der Waals surface area contributed by atoms with E-state index in [0.29, 0.717) is 11.3 Å². The normalized spacial score (nSPS) is 10.2. The number of ether oxygens (including phenoxy) is 1. The lowest BCUT2D eigenvalue weighted by atomic mass is 9.99. The molecule has 0 radical (unpaired) electrons. The van der Waals surface area contributed by atoms with Crippen molar-refractivity contribution in [2.24, 2.45) is 0 Å². The lowest BCUT2D eigenvalue weighted by molar-refractivity contribution is 0.0582. The molecule has 28 heavy (non-hydrogen) atoms. The molecule has 0 fully saturated rings. The maximum atomic E-state index is 12.8. The maximum Gasteiger partial charge on any atom is 0.338 e. The fourth-order valence-corrected chi connectivity index (χ4v) is 2.84. The van der Waals surface area contributed by atoms with Gasteiger partial charge in [-0.15, -0.1) is 0 Å². The summed E-state index contributed by atoms with van der Waals surface area (Å²) in [6.07, 6.45) is 0. The zero-order valence-corrected chi connectivity index (χ0v) is 15.0. The average molecular weight is 375 g/mol. The van der Waals surface area contributed by atoms with Gasteiger partial charge in [-0.05, 0) is 35.4 Å². The van der Waals surface area contributed by atoms with Crippen LogP contribution >= 0.6 is 0 Å². The predicted octanol–water partition coefficient (Wildman–Crippen LogP) is 4.09. The first-order chi connectivity index (χ1) is 13.5. The van der Waals surface area contributed by atoms with Crippen LogP contribution < -0.4 is 5.32 Å². The van der Waals surface area contributed by atoms with Gasteiger partial charge >= 0.3 is 11.9 Å². The van der Waals surface area contributed by atoms with E-state index in [-0.39, 0.29) is 17.0 Å². The number of benzene rings is 3. The zero-order valence-electron chi connectivity index (χ0n) is 15.0. The summed E-state index contributed by atoms with van der Waals surface area (Å²) in [7, 11) is 1.16. The van der Waals surface area contributed by atoms with Crippen molar-refractivity contribution in [3.05, 3.63) is 89.5 Å². The largest absolute Gasteiger partial charge is 0.478 e. The molecule has 0 heterocycles. The van der Waals surface area contributed by atoms with Gasteiger partial charge in [0.05, 0.1) is 18.2 Å². The summed E-state index contributed by atoms with van der Waals surface area (Å²) in [6.45, 7) is 0. The van der Waals surface area contributed by atoms with Crippen molar-refractivity contribution in [1.29, 1.82) is 0 Å². The Morgan fingerprint density at radius 3 is 2.18 bits per heavy atom. The molecule has 0 unspecified atom stereocenters. The third-order valence-corrected chi connectivity index (χ3v) is 4.17. The quantitative estimate of drug-likeness (QED) is 0.655. The Morgan fingerprint density at radius 1 is 0.821 bits per heavy atom. The number of carbonyl (C=O) groups excluding carboxylic acids is 2. The van der Waals surface area contributed by atoms with Gasteiger partial charge in [-0.3, -0.25) is 4.79 Å². The molecule has 1 amide bonds. The molecule has 0 aliphatic heterocycles. The van der Waals surface area contributed by atoms with Crippen molar-refractivity contribution in [3.63, 3.8) is 0 Å². The maximum absolute atomic E-state index is 12.8. The first-order valence-electron chi connectivity index (χ1n) is 8.42. The highest BCUT2D eigenvalue weighted by molar-refractivity contribution is 6.10. The summed E-state index contributed by atoms with van der Waals surface area (Å²) in [5, 5.41) is 11.9. The summed E-state index contributed by atoms with van der Waals surface area (Å²) >= 11 is 0. The van der Waals surface area contributed by atoms with Crippen LogP contribution in [0.3, 0.4) is 0 Å². The predicted molar refractivity (Wildman–Crippen MR) is 105 cm³/mol. The minimum atomic E-state index is -1.26. The number of carboxylic acids is 1. The van der Waals surface area contributed by atoms with Crippen molar-refractivity contribution in [1.82, 2.24) is 0 Å². The van der Waals surface area contributed by atoms with Crippen molar-refractivity contribution in [3.8, 4) is 11.1 Å². The van der Waals surface area contributed by atoms with Gasteiger partial charge in [0.25, 0.3) is 5.91 Å². The first kappa shape index (κ1) is 18.8. The highest BCUT2D eigenvalue weighted by Gasteiger charge is 2.19. The molecule has 6 heteroatoms. The Kier molecular flexibility index (Phi) is 5.50. The molecule has 3 rings (SSSR count). The van der Waals surface area contributed by atoms with Gasteiger partial charge < -0.3 is 15.2 Å². The highest BCUT2D eigenvalue weighted by atomic mass is 16.5. The Bertz CT molecular complexity index is 1040. The number of hydrogen-bond acceptors (Lipinski definition) is 4. The SMILES string of the molecule is COC(=O)c1cc(NC(=O)c2ccccc2-c2ccccc2)ccc1C(=O)O. The summed E-state index contributed by atoms with van der Waals surface area (Å²) in [6, 6.07) is 20.6. The van der Waals surface area contributed by atoms with Crippen molar-refractivity contribution in [2.45, 2.75) is 0 Å². The standard InChI is InChI=1S/C22H17NO5/c1-28-22(27)19-13-15(11-12-18(19)21(25)26)23-20(24)17-10-6-5-9-16(17)14-7-3-2-4-8-14/h2-13H,1H3,(H,23,24)(H,25,26). The number of anilines is 1. The van der Waals surface area contributed by atoms with E-state index >= 15 is 0 Å². The molecule has 0 aliphatic rings. The van der Waals surface area contributed by atoms with Gasteiger partial charge in [0.15, 0.2) is 0 Å². The van der Waals surface area contributed by atoms with E-state index in [1.807, 2.05) is 42.5 Å². The fourth-order valence-electron chi connectivity index (χ4n) is 2.84. The molecule has 0 saturated carbocycles. The van der Waals surface area contributed by atoms with Crippen LogP contribution in [-0.2, 0) is 4.74 Å². The third-order valence-electron chi connectivity index (χ3n) is 4.17. The Morgan fingerprint density at radius 2 is 1.50 bits per heavy atom. The van der Waals surface area contributed by atoms with Gasteiger partial charge in [0.1, 0.15) is 0 Å². The lowest BCUT2D eigenvalue weighted by Crippen LogP contribution is -2.15. The minimum Gasteiger partial charge on any atom is -0.478 e. The number of esters is 1. The average Bonchev–Trinajstić information content (AvgIpc) is 2.73.